The van der Waals surface area contributed by atoms with Crippen molar-refractivity contribution in [2.75, 3.05) is 0 Å². The molecule has 10 heteroatoms. The number of aromatic nitrogens is 4. The molecule has 4 atom stereocenters. The number of nitrogens with zero attached hydrogens (tertiary/aromatic N) is 4. The number of imidazole rings is 1. The van der Waals surface area contributed by atoms with Crippen LogP contribution in [0.2, 0.25) is 5.28 Å². The molecule has 2 aromatic rings. The molecule has 0 N–H and O–H groups in total. The van der Waals surface area contributed by atoms with E-state index in [0.29, 0.717) is 16.9 Å². The molecule has 3 heterocycles. The zero-order valence-electron chi connectivity index (χ0n) is 14.1. The maximum atomic E-state index is 11.5. The van der Waals surface area contributed by atoms with E-state index in [0.717, 1.165) is 0 Å². The van der Waals surface area contributed by atoms with Crippen molar-refractivity contribution in [3.05, 3.63) is 17.3 Å². The summed E-state index contributed by atoms with van der Waals surface area (Å²) in [5.74, 6) is -1.01. The first-order valence-electron chi connectivity index (χ1n) is 7.64. The summed E-state index contributed by atoms with van der Waals surface area (Å²) in [5, 5.41) is 0.0679. The van der Waals surface area contributed by atoms with E-state index in [-0.39, 0.29) is 5.28 Å². The van der Waals surface area contributed by atoms with Gasteiger partial charge in [0.2, 0.25) is 5.28 Å². The second kappa shape index (κ2) is 6.57. The largest absolute Gasteiger partial charge is 0.456 e. The molecule has 0 radical (unpaired) electrons. The van der Waals surface area contributed by atoms with Crippen LogP contribution in [0.15, 0.2) is 6.33 Å². The Morgan fingerprint density at radius 3 is 2.48 bits per heavy atom. The van der Waals surface area contributed by atoms with Gasteiger partial charge < -0.3 is 14.2 Å². The number of carbonyl (C=O) groups excluding carboxylic acids is 2. The van der Waals surface area contributed by atoms with Gasteiger partial charge in [-0.1, -0.05) is 0 Å². The summed E-state index contributed by atoms with van der Waals surface area (Å²) in [7, 11) is 0. The van der Waals surface area contributed by atoms with Crippen LogP contribution in [0.3, 0.4) is 0 Å². The molecule has 0 saturated carbocycles. The van der Waals surface area contributed by atoms with E-state index in [1.165, 1.54) is 20.2 Å². The van der Waals surface area contributed by atoms with Crippen LogP contribution in [0.1, 0.15) is 32.7 Å². The fourth-order valence-corrected chi connectivity index (χ4v) is 3.12. The molecule has 1 aliphatic rings. The fourth-order valence-electron chi connectivity index (χ4n) is 2.91. The Kier molecular flexibility index (Phi) is 4.61. The standard InChI is InChI=1S/C15H17ClN4O5/c1-6-10-13(19-15(16)18-6)20(5-17-10)14-12(25-9(4)22)11(7(2)23-14)24-8(3)21/h5,7,11-12,14H,1-4H3/t7-,11-,12-,14?/m1/s1. The first kappa shape index (κ1) is 17.6. The van der Waals surface area contributed by atoms with Gasteiger partial charge in [0.15, 0.2) is 24.1 Å². The van der Waals surface area contributed by atoms with Crippen LogP contribution < -0.4 is 0 Å². The summed E-state index contributed by atoms with van der Waals surface area (Å²) in [5.41, 5.74) is 1.61. The molecule has 1 aliphatic heterocycles. The van der Waals surface area contributed by atoms with Gasteiger partial charge in [0.25, 0.3) is 0 Å². The number of hydrogen-bond acceptors (Lipinski definition) is 8. The van der Waals surface area contributed by atoms with Crippen molar-refractivity contribution in [3.63, 3.8) is 0 Å². The third-order valence-electron chi connectivity index (χ3n) is 3.87. The molecule has 0 aliphatic carbocycles. The highest BCUT2D eigenvalue weighted by Crippen LogP contribution is 2.35. The average molecular weight is 369 g/mol. The smallest absolute Gasteiger partial charge is 0.303 e. The van der Waals surface area contributed by atoms with E-state index in [9.17, 15) is 9.59 Å². The lowest BCUT2D eigenvalue weighted by molar-refractivity contribution is -0.165. The van der Waals surface area contributed by atoms with Crippen LogP contribution in [0.4, 0.5) is 0 Å². The number of halogens is 1. The highest BCUT2D eigenvalue weighted by atomic mass is 35.5. The van der Waals surface area contributed by atoms with Gasteiger partial charge in [-0.25, -0.2) is 9.97 Å². The van der Waals surface area contributed by atoms with Gasteiger partial charge in [0.05, 0.1) is 18.1 Å². The van der Waals surface area contributed by atoms with Crippen molar-refractivity contribution >= 4 is 34.7 Å². The Balaban J connectivity index is 2.05. The maximum Gasteiger partial charge on any atom is 0.303 e. The van der Waals surface area contributed by atoms with Crippen LogP contribution in [-0.4, -0.2) is 49.8 Å². The monoisotopic (exact) mass is 368 g/mol. The van der Waals surface area contributed by atoms with E-state index < -0.39 is 36.5 Å². The predicted octanol–water partition coefficient (Wildman–Crippen LogP) is 1.57. The number of ether oxygens (including phenoxy) is 3. The van der Waals surface area contributed by atoms with E-state index >= 15 is 0 Å². The minimum absolute atomic E-state index is 0.0679. The highest BCUT2D eigenvalue weighted by molar-refractivity contribution is 6.28. The van der Waals surface area contributed by atoms with Crippen LogP contribution in [0.5, 0.6) is 0 Å². The summed E-state index contributed by atoms with van der Waals surface area (Å²) >= 11 is 5.95. The molecule has 3 rings (SSSR count). The van der Waals surface area contributed by atoms with E-state index in [1.807, 2.05) is 0 Å². The Morgan fingerprint density at radius 1 is 1.20 bits per heavy atom. The van der Waals surface area contributed by atoms with Crippen molar-refractivity contribution < 1.29 is 23.8 Å². The zero-order valence-corrected chi connectivity index (χ0v) is 14.9. The number of hydrogen-bond donors (Lipinski definition) is 0. The molecular formula is C15H17ClN4O5. The Hall–Kier alpha value is -2.26. The summed E-state index contributed by atoms with van der Waals surface area (Å²) in [6, 6.07) is 0. The summed E-state index contributed by atoms with van der Waals surface area (Å²) in [4.78, 5) is 35.5. The third kappa shape index (κ3) is 3.29. The van der Waals surface area contributed by atoms with Crippen LogP contribution in [0.25, 0.3) is 11.2 Å². The summed E-state index contributed by atoms with van der Waals surface area (Å²) in [6.07, 6.45) is -1.34. The van der Waals surface area contributed by atoms with Gasteiger partial charge in [-0.3, -0.25) is 14.2 Å². The van der Waals surface area contributed by atoms with E-state index in [1.54, 1.807) is 18.4 Å². The Labute approximate surface area is 148 Å². The van der Waals surface area contributed by atoms with Crippen LogP contribution in [0, 0.1) is 6.92 Å². The Morgan fingerprint density at radius 2 is 1.84 bits per heavy atom. The van der Waals surface area contributed by atoms with E-state index in [2.05, 4.69) is 15.0 Å². The quantitative estimate of drug-likeness (QED) is 0.593. The number of carbonyl (C=O) groups is 2. The second-order valence-electron chi connectivity index (χ2n) is 5.78. The summed E-state index contributed by atoms with van der Waals surface area (Å²) in [6.45, 7) is 6.06. The molecule has 1 fully saturated rings. The van der Waals surface area contributed by atoms with Crippen molar-refractivity contribution in [2.24, 2.45) is 0 Å². The number of aryl methyl sites for hydroxylation is 1. The molecule has 0 bridgehead atoms. The molecule has 134 valence electrons. The molecule has 1 saturated heterocycles. The number of esters is 2. The lowest BCUT2D eigenvalue weighted by Gasteiger charge is -2.23. The van der Waals surface area contributed by atoms with Gasteiger partial charge in [0.1, 0.15) is 5.52 Å². The SMILES string of the molecule is CC(=O)O[C@@H]1[C@@H](C)OC(n2cnc3c(C)nc(Cl)nc32)[C@@H]1OC(C)=O. The molecule has 0 amide bonds. The van der Waals surface area contributed by atoms with Crippen molar-refractivity contribution in [1.82, 2.24) is 19.5 Å². The normalized spacial score (nSPS) is 26.0. The number of rotatable bonds is 3. The van der Waals surface area contributed by atoms with Crippen molar-refractivity contribution in [2.45, 2.75) is 52.2 Å². The van der Waals surface area contributed by atoms with Gasteiger partial charge in [-0.05, 0) is 25.4 Å². The minimum Gasteiger partial charge on any atom is -0.456 e. The Bertz CT molecular complexity index is 839. The topological polar surface area (TPSA) is 105 Å². The van der Waals surface area contributed by atoms with Gasteiger partial charge >= 0.3 is 11.9 Å². The predicted molar refractivity (Wildman–Crippen MR) is 85.8 cm³/mol. The van der Waals surface area contributed by atoms with E-state index in [4.69, 9.17) is 25.8 Å². The van der Waals surface area contributed by atoms with Crippen LogP contribution >= 0.6 is 11.6 Å². The lowest BCUT2D eigenvalue weighted by atomic mass is 10.1. The molecule has 9 nitrogen and oxygen atoms in total. The maximum absolute atomic E-state index is 11.5. The third-order valence-corrected chi connectivity index (χ3v) is 4.04. The molecule has 25 heavy (non-hydrogen) atoms. The molecule has 2 aromatic heterocycles. The zero-order chi connectivity index (χ0) is 18.3. The fraction of sp³-hybridized carbons (Fsp3) is 0.533. The van der Waals surface area contributed by atoms with Crippen molar-refractivity contribution in [1.29, 1.82) is 0 Å². The first-order chi connectivity index (χ1) is 11.8. The molecule has 0 aromatic carbocycles. The van der Waals surface area contributed by atoms with Gasteiger partial charge in [0, 0.05) is 13.8 Å². The molecule has 0 spiro atoms. The van der Waals surface area contributed by atoms with Gasteiger partial charge in [-0.15, -0.1) is 0 Å². The van der Waals surface area contributed by atoms with Crippen molar-refractivity contribution in [3.8, 4) is 0 Å². The lowest BCUT2D eigenvalue weighted by Crippen LogP contribution is -2.38. The molecular weight excluding hydrogens is 352 g/mol. The molecule has 1 unspecified atom stereocenters. The van der Waals surface area contributed by atoms with Crippen LogP contribution in [-0.2, 0) is 23.8 Å². The highest BCUT2D eigenvalue weighted by Gasteiger charge is 2.48. The average Bonchev–Trinajstić information content (AvgIpc) is 3.02. The number of fused-ring (bicyclic) bond motifs is 1. The minimum atomic E-state index is -0.845. The van der Waals surface area contributed by atoms with Gasteiger partial charge in [-0.2, -0.15) is 4.98 Å². The summed E-state index contributed by atoms with van der Waals surface area (Å²) < 4.78 is 18.2. The second-order valence-corrected chi connectivity index (χ2v) is 6.12. The first-order valence-corrected chi connectivity index (χ1v) is 8.02.